The van der Waals surface area contributed by atoms with Gasteiger partial charge < -0.3 is 0 Å². The Labute approximate surface area is 110 Å². The molecule has 2 aromatic heterocycles. The summed E-state index contributed by atoms with van der Waals surface area (Å²) >= 11 is 0. The second-order valence-electron chi connectivity index (χ2n) is 4.54. The number of aryl methyl sites for hydroxylation is 2. The minimum absolute atomic E-state index is 0.574. The van der Waals surface area contributed by atoms with E-state index in [0.717, 1.165) is 11.4 Å². The van der Waals surface area contributed by atoms with Gasteiger partial charge in [-0.15, -0.1) is 5.10 Å². The van der Waals surface area contributed by atoms with Gasteiger partial charge in [0.05, 0.1) is 18.4 Å². The molecule has 6 nitrogen and oxygen atoms in total. The predicted octanol–water partition coefficient (Wildman–Crippen LogP) is 1.52. The van der Waals surface area contributed by atoms with Gasteiger partial charge in [0, 0.05) is 0 Å². The van der Waals surface area contributed by atoms with Crippen LogP contribution in [0.1, 0.15) is 16.8 Å². The van der Waals surface area contributed by atoms with Crippen molar-refractivity contribution in [3.8, 4) is 5.69 Å². The highest BCUT2D eigenvalue weighted by atomic mass is 15.4. The van der Waals surface area contributed by atoms with Crippen LogP contribution in [-0.2, 0) is 6.54 Å². The fraction of sp³-hybridized carbons (Fsp3) is 0.231. The minimum Gasteiger partial charge on any atom is -0.247 e. The van der Waals surface area contributed by atoms with Gasteiger partial charge in [0.25, 0.3) is 0 Å². The molecule has 0 aliphatic rings. The predicted molar refractivity (Wildman–Crippen MR) is 70.0 cm³/mol. The van der Waals surface area contributed by atoms with Crippen LogP contribution in [0.3, 0.4) is 0 Å². The SMILES string of the molecule is Cc1ccc(-n2cc(Cn3cncn3)nn2)c(C)c1. The van der Waals surface area contributed by atoms with Crippen molar-refractivity contribution in [1.82, 2.24) is 29.8 Å². The van der Waals surface area contributed by atoms with E-state index in [0.29, 0.717) is 6.54 Å². The van der Waals surface area contributed by atoms with Crippen molar-refractivity contribution >= 4 is 0 Å². The molecule has 0 aliphatic heterocycles. The molecule has 96 valence electrons. The lowest BCUT2D eigenvalue weighted by Gasteiger charge is -2.05. The van der Waals surface area contributed by atoms with Crippen molar-refractivity contribution in [3.63, 3.8) is 0 Å². The molecule has 2 heterocycles. The third kappa shape index (κ3) is 2.37. The van der Waals surface area contributed by atoms with E-state index < -0.39 is 0 Å². The summed E-state index contributed by atoms with van der Waals surface area (Å²) in [6.07, 6.45) is 5.09. The van der Waals surface area contributed by atoms with Crippen molar-refractivity contribution in [2.24, 2.45) is 0 Å². The summed E-state index contributed by atoms with van der Waals surface area (Å²) < 4.78 is 3.51. The molecule has 0 N–H and O–H groups in total. The van der Waals surface area contributed by atoms with Crippen LogP contribution in [0.25, 0.3) is 5.69 Å². The van der Waals surface area contributed by atoms with Gasteiger partial charge in [-0.3, -0.25) is 0 Å². The summed E-state index contributed by atoms with van der Waals surface area (Å²) in [7, 11) is 0. The number of hydrogen-bond acceptors (Lipinski definition) is 4. The van der Waals surface area contributed by atoms with E-state index in [9.17, 15) is 0 Å². The quantitative estimate of drug-likeness (QED) is 0.711. The second-order valence-corrected chi connectivity index (χ2v) is 4.54. The van der Waals surface area contributed by atoms with Crippen molar-refractivity contribution in [1.29, 1.82) is 0 Å². The van der Waals surface area contributed by atoms with Gasteiger partial charge in [-0.1, -0.05) is 22.9 Å². The average Bonchev–Trinajstić information content (AvgIpc) is 3.01. The number of nitrogens with zero attached hydrogens (tertiary/aromatic N) is 6. The zero-order chi connectivity index (χ0) is 13.2. The Hall–Kier alpha value is -2.50. The van der Waals surface area contributed by atoms with Crippen LogP contribution in [0.2, 0.25) is 0 Å². The molecule has 0 fully saturated rings. The largest absolute Gasteiger partial charge is 0.247 e. The van der Waals surface area contributed by atoms with Crippen molar-refractivity contribution < 1.29 is 0 Å². The molecule has 0 bridgehead atoms. The van der Waals surface area contributed by atoms with Crippen LogP contribution in [0.5, 0.6) is 0 Å². The average molecular weight is 254 g/mol. The molecule has 1 aromatic carbocycles. The van der Waals surface area contributed by atoms with E-state index in [4.69, 9.17) is 0 Å². The third-order valence-corrected chi connectivity index (χ3v) is 2.93. The Morgan fingerprint density at radius 1 is 1.21 bits per heavy atom. The number of rotatable bonds is 3. The van der Waals surface area contributed by atoms with E-state index in [-0.39, 0.29) is 0 Å². The molecular formula is C13H14N6. The lowest BCUT2D eigenvalue weighted by atomic mass is 10.1. The molecule has 3 rings (SSSR count). The molecule has 0 radical (unpaired) electrons. The molecule has 0 unspecified atom stereocenters. The van der Waals surface area contributed by atoms with Crippen LogP contribution >= 0.6 is 0 Å². The summed E-state index contributed by atoms with van der Waals surface area (Å²) in [5, 5.41) is 12.4. The highest BCUT2D eigenvalue weighted by Crippen LogP contribution is 2.14. The first-order chi connectivity index (χ1) is 9.22. The van der Waals surface area contributed by atoms with Gasteiger partial charge in [0.1, 0.15) is 18.3 Å². The van der Waals surface area contributed by atoms with E-state index in [1.807, 2.05) is 6.20 Å². The Balaban J connectivity index is 1.88. The number of hydrogen-bond donors (Lipinski definition) is 0. The van der Waals surface area contributed by atoms with E-state index in [1.165, 1.54) is 17.5 Å². The summed E-state index contributed by atoms with van der Waals surface area (Å²) in [4.78, 5) is 3.90. The normalized spacial score (nSPS) is 10.8. The molecule has 0 spiro atoms. The lowest BCUT2D eigenvalue weighted by Crippen LogP contribution is -2.00. The maximum absolute atomic E-state index is 4.16. The molecule has 0 atom stereocenters. The van der Waals surface area contributed by atoms with Crippen LogP contribution in [0, 0.1) is 13.8 Å². The third-order valence-electron chi connectivity index (χ3n) is 2.93. The van der Waals surface area contributed by atoms with Gasteiger partial charge in [0.15, 0.2) is 0 Å². The van der Waals surface area contributed by atoms with E-state index in [1.54, 1.807) is 15.7 Å². The monoisotopic (exact) mass is 254 g/mol. The van der Waals surface area contributed by atoms with Crippen molar-refractivity contribution in [2.45, 2.75) is 20.4 Å². The fourth-order valence-corrected chi connectivity index (χ4v) is 2.03. The molecule has 0 aliphatic carbocycles. The summed E-state index contributed by atoms with van der Waals surface area (Å²) in [6.45, 7) is 4.72. The maximum Gasteiger partial charge on any atom is 0.137 e. The van der Waals surface area contributed by atoms with Crippen LogP contribution < -0.4 is 0 Å². The van der Waals surface area contributed by atoms with Gasteiger partial charge in [0.2, 0.25) is 0 Å². The molecule has 3 aromatic rings. The van der Waals surface area contributed by atoms with Crippen LogP contribution in [0.15, 0.2) is 37.1 Å². The van der Waals surface area contributed by atoms with Gasteiger partial charge >= 0.3 is 0 Å². The smallest absolute Gasteiger partial charge is 0.137 e. The Morgan fingerprint density at radius 3 is 2.84 bits per heavy atom. The standard InChI is InChI=1S/C13H14N6/c1-10-3-4-13(11(2)5-10)19-7-12(16-17-19)6-18-9-14-8-15-18/h3-5,7-9H,6H2,1-2H3. The maximum atomic E-state index is 4.16. The van der Waals surface area contributed by atoms with Crippen LogP contribution in [0.4, 0.5) is 0 Å². The molecule has 6 heteroatoms. The first-order valence-corrected chi connectivity index (χ1v) is 6.03. The number of aromatic nitrogens is 6. The van der Waals surface area contributed by atoms with Crippen LogP contribution in [-0.4, -0.2) is 29.8 Å². The Bertz CT molecular complexity index is 683. The highest BCUT2D eigenvalue weighted by molar-refractivity contribution is 5.41. The Kier molecular flexibility index (Phi) is 2.83. The summed E-state index contributed by atoms with van der Waals surface area (Å²) in [5.74, 6) is 0. The van der Waals surface area contributed by atoms with Gasteiger partial charge in [-0.25, -0.2) is 14.3 Å². The van der Waals surface area contributed by atoms with Crippen molar-refractivity contribution in [2.75, 3.05) is 0 Å². The molecular weight excluding hydrogens is 240 g/mol. The summed E-state index contributed by atoms with van der Waals surface area (Å²) in [6, 6.07) is 6.26. The van der Waals surface area contributed by atoms with E-state index >= 15 is 0 Å². The highest BCUT2D eigenvalue weighted by Gasteiger charge is 2.06. The first kappa shape index (κ1) is 11.6. The fourth-order valence-electron chi connectivity index (χ4n) is 2.03. The minimum atomic E-state index is 0.574. The zero-order valence-electron chi connectivity index (χ0n) is 10.9. The molecule has 19 heavy (non-hydrogen) atoms. The lowest BCUT2D eigenvalue weighted by molar-refractivity contribution is 0.667. The molecule has 0 saturated carbocycles. The van der Waals surface area contributed by atoms with E-state index in [2.05, 4.69) is 52.4 Å². The zero-order valence-corrected chi connectivity index (χ0v) is 10.9. The second kappa shape index (κ2) is 4.64. The number of benzene rings is 1. The molecule has 0 amide bonds. The topological polar surface area (TPSA) is 61.4 Å². The Morgan fingerprint density at radius 2 is 2.11 bits per heavy atom. The van der Waals surface area contributed by atoms with Gasteiger partial charge in [-0.05, 0) is 25.5 Å². The summed E-state index contributed by atoms with van der Waals surface area (Å²) in [5.41, 5.74) is 4.31. The first-order valence-electron chi connectivity index (χ1n) is 6.03. The van der Waals surface area contributed by atoms with Gasteiger partial charge in [-0.2, -0.15) is 5.10 Å². The molecule has 0 saturated heterocycles. The van der Waals surface area contributed by atoms with Crippen molar-refractivity contribution in [3.05, 3.63) is 53.9 Å².